The Kier molecular flexibility index (Phi) is 5.26. The summed E-state index contributed by atoms with van der Waals surface area (Å²) in [4.78, 5) is 4.76. The number of tetrazole rings is 1. The smallest absolute Gasteiger partial charge is 0.173 e. The number of halogens is 1. The summed E-state index contributed by atoms with van der Waals surface area (Å²) in [6, 6.07) is 7.17. The van der Waals surface area contributed by atoms with Gasteiger partial charge in [-0.05, 0) is 48.0 Å². The van der Waals surface area contributed by atoms with E-state index in [2.05, 4.69) is 32.4 Å². The third-order valence-corrected chi connectivity index (χ3v) is 5.77. The van der Waals surface area contributed by atoms with Crippen molar-refractivity contribution < 1.29 is 4.39 Å². The van der Waals surface area contributed by atoms with Gasteiger partial charge in [0.15, 0.2) is 5.82 Å². The van der Waals surface area contributed by atoms with Crippen LogP contribution in [0.25, 0.3) is 0 Å². The van der Waals surface area contributed by atoms with Gasteiger partial charge < -0.3 is 4.90 Å². The zero-order chi connectivity index (χ0) is 17.9. The Labute approximate surface area is 154 Å². The molecule has 1 aliphatic carbocycles. The first-order valence-corrected chi connectivity index (χ1v) is 9.68. The van der Waals surface area contributed by atoms with E-state index in [-0.39, 0.29) is 11.9 Å². The average Bonchev–Trinajstić information content (AvgIpc) is 3.15. The molecule has 2 fully saturated rings. The molecule has 4 rings (SSSR count). The van der Waals surface area contributed by atoms with Gasteiger partial charge in [-0.1, -0.05) is 31.4 Å². The van der Waals surface area contributed by atoms with E-state index >= 15 is 0 Å². The second-order valence-electron chi connectivity index (χ2n) is 7.57. The lowest BCUT2D eigenvalue weighted by molar-refractivity contribution is 0.119. The topological polar surface area (TPSA) is 50.1 Å². The number of hydrogen-bond acceptors (Lipinski definition) is 5. The van der Waals surface area contributed by atoms with Crippen LogP contribution in [0.1, 0.15) is 55.6 Å². The molecule has 2 aromatic rings. The Bertz CT molecular complexity index is 701. The molecule has 1 aromatic heterocycles. The van der Waals surface area contributed by atoms with Gasteiger partial charge in [-0.2, -0.15) is 0 Å². The van der Waals surface area contributed by atoms with Crippen LogP contribution in [0, 0.1) is 5.82 Å². The average molecular weight is 358 g/mol. The van der Waals surface area contributed by atoms with E-state index in [1.807, 2.05) is 16.8 Å². The molecule has 0 bridgehead atoms. The molecule has 26 heavy (non-hydrogen) atoms. The third-order valence-electron chi connectivity index (χ3n) is 5.77. The molecule has 1 saturated carbocycles. The molecule has 0 N–H and O–H groups in total. The maximum Gasteiger partial charge on any atom is 0.173 e. The molecule has 1 saturated heterocycles. The van der Waals surface area contributed by atoms with Crippen LogP contribution in [0.3, 0.4) is 0 Å². The molecule has 2 heterocycles. The first kappa shape index (κ1) is 17.5. The Morgan fingerprint density at radius 2 is 1.69 bits per heavy atom. The number of hydrogen-bond donors (Lipinski definition) is 0. The fourth-order valence-electron chi connectivity index (χ4n) is 4.21. The highest BCUT2D eigenvalue weighted by molar-refractivity contribution is 5.25. The zero-order valence-electron chi connectivity index (χ0n) is 15.4. The minimum Gasteiger partial charge on any atom is -0.304 e. The summed E-state index contributed by atoms with van der Waals surface area (Å²) in [5, 5.41) is 12.8. The summed E-state index contributed by atoms with van der Waals surface area (Å²) in [7, 11) is 2.15. The summed E-state index contributed by atoms with van der Waals surface area (Å²) >= 11 is 0. The van der Waals surface area contributed by atoms with Crippen LogP contribution in [0.2, 0.25) is 0 Å². The van der Waals surface area contributed by atoms with Crippen LogP contribution in [0.4, 0.5) is 4.39 Å². The Balaban J connectivity index is 1.69. The van der Waals surface area contributed by atoms with E-state index in [4.69, 9.17) is 0 Å². The quantitative estimate of drug-likeness (QED) is 0.841. The number of rotatable bonds is 4. The standard InChI is InChI=1S/C19H27FN6/c1-24-11-13-25(14-12-24)18(15-7-9-16(20)10-8-15)19-21-22-23-26(19)17-5-3-2-4-6-17/h7-10,17-18H,2-6,11-14H2,1H3. The fourth-order valence-corrected chi connectivity index (χ4v) is 4.21. The van der Waals surface area contributed by atoms with Crippen LogP contribution in [0.15, 0.2) is 24.3 Å². The molecule has 1 unspecified atom stereocenters. The molecule has 7 heteroatoms. The fraction of sp³-hybridized carbons (Fsp3) is 0.632. The lowest BCUT2D eigenvalue weighted by Crippen LogP contribution is -2.46. The van der Waals surface area contributed by atoms with Gasteiger partial charge >= 0.3 is 0 Å². The van der Waals surface area contributed by atoms with E-state index in [1.54, 1.807) is 0 Å². The van der Waals surface area contributed by atoms with Crippen molar-refractivity contribution in [1.29, 1.82) is 0 Å². The molecule has 2 aliphatic rings. The second kappa shape index (κ2) is 7.80. The normalized spacial score (nSPS) is 21.8. The second-order valence-corrected chi connectivity index (χ2v) is 7.57. The predicted octanol–water partition coefficient (Wildman–Crippen LogP) is 2.65. The molecule has 0 amide bonds. The highest BCUT2D eigenvalue weighted by Crippen LogP contribution is 2.33. The van der Waals surface area contributed by atoms with Gasteiger partial charge in [0.1, 0.15) is 5.82 Å². The van der Waals surface area contributed by atoms with E-state index in [1.165, 1.54) is 31.4 Å². The summed E-state index contributed by atoms with van der Waals surface area (Å²) < 4.78 is 15.5. The van der Waals surface area contributed by atoms with Gasteiger partial charge in [0.05, 0.1) is 12.1 Å². The van der Waals surface area contributed by atoms with Gasteiger partial charge in [0.2, 0.25) is 0 Å². The third kappa shape index (κ3) is 3.64. The molecule has 0 radical (unpaired) electrons. The van der Waals surface area contributed by atoms with E-state index in [0.29, 0.717) is 6.04 Å². The summed E-state index contributed by atoms with van der Waals surface area (Å²) in [6.45, 7) is 3.94. The number of piperazine rings is 1. The molecule has 1 atom stereocenters. The van der Waals surface area contributed by atoms with Crippen LogP contribution < -0.4 is 0 Å². The highest BCUT2D eigenvalue weighted by Gasteiger charge is 2.32. The number of likely N-dealkylation sites (N-methyl/N-ethyl adjacent to an activating group) is 1. The Hall–Kier alpha value is -1.86. The zero-order valence-corrected chi connectivity index (χ0v) is 15.4. The van der Waals surface area contributed by atoms with E-state index in [9.17, 15) is 4.39 Å². The lowest BCUT2D eigenvalue weighted by Gasteiger charge is -2.38. The van der Waals surface area contributed by atoms with Gasteiger partial charge in [-0.3, -0.25) is 4.90 Å². The van der Waals surface area contributed by atoms with E-state index < -0.39 is 0 Å². The Morgan fingerprint density at radius 1 is 1.00 bits per heavy atom. The van der Waals surface area contributed by atoms with Crippen molar-refractivity contribution in [2.75, 3.05) is 33.2 Å². The van der Waals surface area contributed by atoms with Crippen LogP contribution in [0.5, 0.6) is 0 Å². The summed E-state index contributed by atoms with van der Waals surface area (Å²) in [6.07, 6.45) is 6.04. The van der Waals surface area contributed by atoms with Gasteiger partial charge in [0, 0.05) is 26.2 Å². The van der Waals surface area contributed by atoms with E-state index in [0.717, 1.165) is 50.4 Å². The number of aromatic nitrogens is 4. The minimum atomic E-state index is -0.210. The maximum atomic E-state index is 13.5. The molecule has 0 spiro atoms. The maximum absolute atomic E-state index is 13.5. The van der Waals surface area contributed by atoms with Gasteiger partial charge in [0.25, 0.3) is 0 Å². The van der Waals surface area contributed by atoms with Crippen molar-refractivity contribution in [3.63, 3.8) is 0 Å². The summed E-state index contributed by atoms with van der Waals surface area (Å²) in [5.74, 6) is 0.686. The van der Waals surface area contributed by atoms with Crippen molar-refractivity contribution in [3.8, 4) is 0 Å². The van der Waals surface area contributed by atoms with Crippen molar-refractivity contribution in [3.05, 3.63) is 41.5 Å². The number of benzene rings is 1. The van der Waals surface area contributed by atoms with Gasteiger partial charge in [-0.15, -0.1) is 5.10 Å². The van der Waals surface area contributed by atoms with Gasteiger partial charge in [-0.25, -0.2) is 9.07 Å². The van der Waals surface area contributed by atoms with Crippen LogP contribution >= 0.6 is 0 Å². The first-order valence-electron chi connectivity index (χ1n) is 9.68. The largest absolute Gasteiger partial charge is 0.304 e. The Morgan fingerprint density at radius 3 is 2.38 bits per heavy atom. The molecule has 140 valence electrons. The number of nitrogens with zero attached hydrogens (tertiary/aromatic N) is 6. The van der Waals surface area contributed by atoms with Crippen molar-refractivity contribution in [2.45, 2.75) is 44.2 Å². The highest BCUT2D eigenvalue weighted by atomic mass is 19.1. The van der Waals surface area contributed by atoms with Crippen LogP contribution in [-0.2, 0) is 0 Å². The molecule has 1 aromatic carbocycles. The van der Waals surface area contributed by atoms with Crippen molar-refractivity contribution >= 4 is 0 Å². The monoisotopic (exact) mass is 358 g/mol. The summed E-state index contributed by atoms with van der Waals surface area (Å²) in [5.41, 5.74) is 1.06. The molecular weight excluding hydrogens is 331 g/mol. The van der Waals surface area contributed by atoms with Crippen molar-refractivity contribution in [2.24, 2.45) is 0 Å². The molecule has 1 aliphatic heterocycles. The molecule has 6 nitrogen and oxygen atoms in total. The SMILES string of the molecule is CN1CCN(C(c2ccc(F)cc2)c2nnnn2C2CCCCC2)CC1. The predicted molar refractivity (Wildman–Crippen MR) is 97.3 cm³/mol. The molecular formula is C19H27FN6. The first-order chi connectivity index (χ1) is 12.7. The lowest BCUT2D eigenvalue weighted by atomic mass is 9.95. The van der Waals surface area contributed by atoms with Crippen LogP contribution in [-0.4, -0.2) is 63.2 Å². The van der Waals surface area contributed by atoms with Crippen molar-refractivity contribution in [1.82, 2.24) is 30.0 Å². The minimum absolute atomic E-state index is 0.0266.